The van der Waals surface area contributed by atoms with Gasteiger partial charge in [0.15, 0.2) is 0 Å². The van der Waals surface area contributed by atoms with Gasteiger partial charge in [0.25, 0.3) is 0 Å². The molecule has 3 aliphatic carbocycles. The van der Waals surface area contributed by atoms with E-state index in [0.717, 1.165) is 12.8 Å². The van der Waals surface area contributed by atoms with E-state index in [2.05, 4.69) is 41.2 Å². The second-order valence-electron chi connectivity index (χ2n) is 12.0. The Bertz CT molecular complexity index is 870. The normalized spacial score (nSPS) is 39.3. The summed E-state index contributed by atoms with van der Waals surface area (Å²) < 4.78 is 12.0. The van der Waals surface area contributed by atoms with Gasteiger partial charge < -0.3 is 19.7 Å². The summed E-state index contributed by atoms with van der Waals surface area (Å²) in [6, 6.07) is 0. The van der Waals surface area contributed by atoms with Crippen LogP contribution in [-0.2, 0) is 19.1 Å². The summed E-state index contributed by atoms with van der Waals surface area (Å²) in [6.07, 6.45) is 0.515. The van der Waals surface area contributed by atoms with Gasteiger partial charge in [-0.3, -0.25) is 9.59 Å². The summed E-state index contributed by atoms with van der Waals surface area (Å²) in [4.78, 5) is 24.6. The van der Waals surface area contributed by atoms with Crippen molar-refractivity contribution in [2.45, 2.75) is 105 Å². The molecule has 2 bridgehead atoms. The Morgan fingerprint density at radius 3 is 2.24 bits per heavy atom. The molecule has 34 heavy (non-hydrogen) atoms. The zero-order valence-corrected chi connectivity index (χ0v) is 22.2. The number of aliphatic hydroxyl groups excluding tert-OH is 2. The largest absolute Gasteiger partial charge is 0.462 e. The molecule has 6 heteroatoms. The van der Waals surface area contributed by atoms with Crippen LogP contribution in [-0.4, -0.2) is 46.6 Å². The molecule has 2 fully saturated rings. The molecule has 0 aliphatic heterocycles. The average Bonchev–Trinajstić information content (AvgIpc) is 2.67. The molecule has 192 valence electrons. The first kappa shape index (κ1) is 26.9. The van der Waals surface area contributed by atoms with Gasteiger partial charge in [-0.25, -0.2) is 0 Å². The number of carbonyl (C=O) groups excluding carboxylic acids is 2. The number of hydrogen-bond acceptors (Lipinski definition) is 6. The number of rotatable bonds is 4. The Kier molecular flexibility index (Phi) is 7.46. The Morgan fingerprint density at radius 1 is 1.12 bits per heavy atom. The third-order valence-electron chi connectivity index (χ3n) is 9.22. The van der Waals surface area contributed by atoms with Crippen LogP contribution in [0.4, 0.5) is 0 Å². The third kappa shape index (κ3) is 4.60. The second kappa shape index (κ2) is 9.42. The summed E-state index contributed by atoms with van der Waals surface area (Å²) in [5, 5.41) is 21.5. The maximum absolute atomic E-state index is 12.4. The van der Waals surface area contributed by atoms with Crippen molar-refractivity contribution in [3.05, 3.63) is 23.3 Å². The summed E-state index contributed by atoms with van der Waals surface area (Å²) in [5.41, 5.74) is 2.38. The van der Waals surface area contributed by atoms with Crippen molar-refractivity contribution in [3.8, 4) is 0 Å². The van der Waals surface area contributed by atoms with Crippen molar-refractivity contribution in [2.75, 3.05) is 0 Å². The van der Waals surface area contributed by atoms with Gasteiger partial charge in [0, 0.05) is 32.1 Å². The van der Waals surface area contributed by atoms with Crippen LogP contribution in [0.25, 0.3) is 0 Å². The highest BCUT2D eigenvalue weighted by molar-refractivity contribution is 5.67. The Morgan fingerprint density at radius 2 is 1.71 bits per heavy atom. The number of ether oxygens (including phenoxy) is 2. The first-order valence-electron chi connectivity index (χ1n) is 12.7. The van der Waals surface area contributed by atoms with Gasteiger partial charge >= 0.3 is 11.9 Å². The van der Waals surface area contributed by atoms with Gasteiger partial charge in [-0.15, -0.1) is 0 Å². The van der Waals surface area contributed by atoms with E-state index in [1.165, 1.54) is 25.0 Å². The molecule has 0 amide bonds. The molecule has 3 rings (SSSR count). The van der Waals surface area contributed by atoms with E-state index in [9.17, 15) is 19.8 Å². The number of esters is 2. The molecular weight excluding hydrogens is 432 g/mol. The van der Waals surface area contributed by atoms with Crippen LogP contribution in [0, 0.1) is 34.5 Å². The van der Waals surface area contributed by atoms with E-state index in [4.69, 9.17) is 9.47 Å². The number of fused-ring (bicyclic) bond motifs is 3. The molecule has 0 aromatic carbocycles. The lowest BCUT2D eigenvalue weighted by Gasteiger charge is -2.60. The smallest absolute Gasteiger partial charge is 0.302 e. The van der Waals surface area contributed by atoms with E-state index in [0.29, 0.717) is 18.4 Å². The summed E-state index contributed by atoms with van der Waals surface area (Å²) >= 11 is 0. The van der Waals surface area contributed by atoms with E-state index in [1.54, 1.807) is 0 Å². The highest BCUT2D eigenvalue weighted by Crippen LogP contribution is 2.62. The van der Waals surface area contributed by atoms with Crippen molar-refractivity contribution >= 4 is 11.9 Å². The van der Waals surface area contributed by atoms with Gasteiger partial charge in [-0.2, -0.15) is 0 Å². The predicted octanol–water partition coefficient (Wildman–Crippen LogP) is 4.58. The minimum atomic E-state index is -0.668. The first-order chi connectivity index (χ1) is 15.6. The predicted molar refractivity (Wildman–Crippen MR) is 131 cm³/mol. The maximum atomic E-state index is 12.4. The number of allylic oxidation sites excluding steroid dienone is 1. The first-order valence-corrected chi connectivity index (χ1v) is 12.7. The van der Waals surface area contributed by atoms with E-state index < -0.39 is 29.8 Å². The summed E-state index contributed by atoms with van der Waals surface area (Å²) in [5.74, 6) is -1.23. The van der Waals surface area contributed by atoms with Crippen molar-refractivity contribution < 1.29 is 29.3 Å². The van der Waals surface area contributed by atoms with E-state index >= 15 is 0 Å². The van der Waals surface area contributed by atoms with Gasteiger partial charge in [0.05, 0.1) is 12.2 Å². The van der Waals surface area contributed by atoms with E-state index in [1.807, 2.05) is 6.92 Å². The zero-order chi connectivity index (χ0) is 25.7. The number of carbonyl (C=O) groups is 2. The van der Waals surface area contributed by atoms with Crippen LogP contribution in [0.15, 0.2) is 23.3 Å². The molecule has 0 saturated heterocycles. The fraction of sp³-hybridized carbons (Fsp3) is 0.786. The molecule has 3 aliphatic rings. The van der Waals surface area contributed by atoms with Crippen molar-refractivity contribution in [2.24, 2.45) is 34.5 Å². The van der Waals surface area contributed by atoms with Gasteiger partial charge in [0.2, 0.25) is 0 Å². The van der Waals surface area contributed by atoms with Crippen LogP contribution >= 0.6 is 0 Å². The highest BCUT2D eigenvalue weighted by atomic mass is 16.6. The molecule has 2 N–H and O–H groups in total. The molecule has 0 spiro atoms. The molecule has 2 unspecified atom stereocenters. The molecule has 9 atom stereocenters. The van der Waals surface area contributed by atoms with Crippen LogP contribution in [0.5, 0.6) is 0 Å². The molecule has 0 aromatic heterocycles. The molecule has 0 heterocycles. The SMILES string of the molecule is C=C1[C@@H](O)CC[C@@]2(C)C[C@H](C(C)C(C)O)C3=C(C)C[C@H](OC(C)=O)[C@@H]([C@@H](OC(C)=O)[C@H]12)C3(C)C. The van der Waals surface area contributed by atoms with Crippen molar-refractivity contribution in [1.29, 1.82) is 0 Å². The molecule has 2 saturated carbocycles. The lowest BCUT2D eigenvalue weighted by molar-refractivity contribution is -0.181. The Hall–Kier alpha value is -1.66. The maximum Gasteiger partial charge on any atom is 0.302 e. The minimum absolute atomic E-state index is 0.0121. The monoisotopic (exact) mass is 476 g/mol. The van der Waals surface area contributed by atoms with Gasteiger partial charge in [0.1, 0.15) is 12.2 Å². The summed E-state index contributed by atoms with van der Waals surface area (Å²) in [6.45, 7) is 19.7. The molecule has 0 radical (unpaired) electrons. The van der Waals surface area contributed by atoms with Gasteiger partial charge in [-0.05, 0) is 61.3 Å². The van der Waals surface area contributed by atoms with Crippen molar-refractivity contribution in [3.63, 3.8) is 0 Å². The van der Waals surface area contributed by atoms with Crippen molar-refractivity contribution in [1.82, 2.24) is 0 Å². The summed E-state index contributed by atoms with van der Waals surface area (Å²) in [7, 11) is 0. The number of hydrogen-bond donors (Lipinski definition) is 2. The topological polar surface area (TPSA) is 93.1 Å². The lowest BCUT2D eigenvalue weighted by Crippen LogP contribution is -2.60. The van der Waals surface area contributed by atoms with Crippen LogP contribution < -0.4 is 0 Å². The Labute approximate surface area is 204 Å². The molecular formula is C28H44O6. The Balaban J connectivity index is 2.33. The van der Waals surface area contributed by atoms with E-state index in [-0.39, 0.29) is 41.0 Å². The number of aliphatic hydroxyl groups is 2. The third-order valence-corrected chi connectivity index (χ3v) is 9.22. The highest BCUT2D eigenvalue weighted by Gasteiger charge is 2.60. The zero-order valence-electron chi connectivity index (χ0n) is 22.2. The quantitative estimate of drug-likeness (QED) is 0.456. The fourth-order valence-corrected chi connectivity index (χ4v) is 7.71. The average molecular weight is 477 g/mol. The van der Waals surface area contributed by atoms with Crippen LogP contribution in [0.3, 0.4) is 0 Å². The molecule has 0 aromatic rings. The van der Waals surface area contributed by atoms with Crippen LogP contribution in [0.2, 0.25) is 0 Å². The fourth-order valence-electron chi connectivity index (χ4n) is 7.71. The van der Waals surface area contributed by atoms with Gasteiger partial charge in [-0.1, -0.05) is 45.4 Å². The lowest BCUT2D eigenvalue weighted by atomic mass is 9.47. The van der Waals surface area contributed by atoms with Crippen LogP contribution in [0.1, 0.15) is 81.1 Å². The standard InChI is InChI=1S/C28H44O6/c1-14-12-22(33-18(5)30)25-26(34-19(6)31)24-16(3)21(32)10-11-28(24,9)13-20(15(2)17(4)29)23(14)27(25,7)8/h15,17,20-22,24-26,29,32H,3,10-13H2,1-2,4-9H3/t15?,17?,20-,21+,22+,24+,25+,26+,28+/m1/s1. The minimum Gasteiger partial charge on any atom is -0.462 e. The second-order valence-corrected chi connectivity index (χ2v) is 12.0. The molecule has 6 nitrogen and oxygen atoms in total.